The van der Waals surface area contributed by atoms with E-state index in [0.29, 0.717) is 0 Å². The lowest BCUT2D eigenvalue weighted by molar-refractivity contribution is 0.666. The standard InChI is InChI=1S/C55H36N2O/c1-4-17-37(18-5-1)55(48-27-13-10-23-42(48)43-24-11-14-28-49(43)55)38-31-33-45-46-26-16-30-52(54(46)58-53(45)35-38)56(39-19-6-2-7-20-39)41-32-34-51-47(36-41)44-25-12-15-29-50(44)57(51)40-21-8-3-9-22-40/h1-36H. The largest absolute Gasteiger partial charge is 0.454 e. The third-order valence-electron chi connectivity index (χ3n) is 12.3. The van der Waals surface area contributed by atoms with Crippen LogP contribution in [0.3, 0.4) is 0 Å². The van der Waals surface area contributed by atoms with Crippen LogP contribution in [0.2, 0.25) is 0 Å². The normalized spacial score (nSPS) is 13.0. The third-order valence-corrected chi connectivity index (χ3v) is 12.3. The van der Waals surface area contributed by atoms with Crippen LogP contribution in [-0.2, 0) is 5.41 Å². The van der Waals surface area contributed by atoms with E-state index in [9.17, 15) is 0 Å². The number of anilines is 3. The Morgan fingerprint density at radius 1 is 0.397 bits per heavy atom. The number of aromatic nitrogens is 1. The molecule has 1 aliphatic carbocycles. The Hall–Kier alpha value is -7.62. The van der Waals surface area contributed by atoms with E-state index in [2.05, 4.69) is 228 Å². The molecule has 0 radical (unpaired) electrons. The Morgan fingerprint density at radius 2 is 1.02 bits per heavy atom. The van der Waals surface area contributed by atoms with Gasteiger partial charge in [-0.25, -0.2) is 0 Å². The van der Waals surface area contributed by atoms with Crippen LogP contribution in [-0.4, -0.2) is 4.57 Å². The van der Waals surface area contributed by atoms with Crippen molar-refractivity contribution in [1.82, 2.24) is 4.57 Å². The van der Waals surface area contributed by atoms with Crippen LogP contribution in [0, 0.1) is 0 Å². The average Bonchev–Trinajstić information content (AvgIpc) is 3.94. The van der Waals surface area contributed by atoms with Gasteiger partial charge in [-0.1, -0.05) is 158 Å². The molecule has 272 valence electrons. The van der Waals surface area contributed by atoms with E-state index in [-0.39, 0.29) is 0 Å². The highest BCUT2D eigenvalue weighted by atomic mass is 16.3. The van der Waals surface area contributed by atoms with Gasteiger partial charge in [-0.15, -0.1) is 0 Å². The van der Waals surface area contributed by atoms with Crippen molar-refractivity contribution >= 4 is 60.8 Å². The molecule has 3 nitrogen and oxygen atoms in total. The summed E-state index contributed by atoms with van der Waals surface area (Å²) in [6.45, 7) is 0. The lowest BCUT2D eigenvalue weighted by Gasteiger charge is -2.33. The van der Waals surface area contributed by atoms with Crippen molar-refractivity contribution in [3.63, 3.8) is 0 Å². The fourth-order valence-corrected chi connectivity index (χ4v) is 9.86. The minimum absolute atomic E-state index is 0.505. The number of nitrogens with zero attached hydrogens (tertiary/aromatic N) is 2. The maximum Gasteiger partial charge on any atom is 0.159 e. The molecule has 2 aromatic heterocycles. The van der Waals surface area contributed by atoms with Gasteiger partial charge >= 0.3 is 0 Å². The van der Waals surface area contributed by atoms with Crippen LogP contribution in [0.25, 0.3) is 60.6 Å². The quantitative estimate of drug-likeness (QED) is 0.169. The molecular formula is C55H36N2O. The molecule has 0 atom stereocenters. The van der Waals surface area contributed by atoms with Gasteiger partial charge in [0.1, 0.15) is 5.58 Å². The first kappa shape index (κ1) is 32.6. The summed E-state index contributed by atoms with van der Waals surface area (Å²) in [5, 5.41) is 4.59. The number of benzene rings is 9. The number of fused-ring (bicyclic) bond motifs is 9. The average molecular weight is 741 g/mol. The van der Waals surface area contributed by atoms with E-state index in [1.165, 1.54) is 55.2 Å². The first-order chi connectivity index (χ1) is 28.8. The fourth-order valence-electron chi connectivity index (χ4n) is 9.86. The highest BCUT2D eigenvalue weighted by Crippen LogP contribution is 2.56. The fraction of sp³-hybridized carbons (Fsp3) is 0.0182. The van der Waals surface area contributed by atoms with E-state index < -0.39 is 5.41 Å². The zero-order valence-corrected chi connectivity index (χ0v) is 31.6. The van der Waals surface area contributed by atoms with Crippen LogP contribution >= 0.6 is 0 Å². The monoisotopic (exact) mass is 740 g/mol. The summed E-state index contributed by atoms with van der Waals surface area (Å²) in [4.78, 5) is 2.34. The van der Waals surface area contributed by atoms with E-state index in [0.717, 1.165) is 44.7 Å². The molecule has 0 saturated heterocycles. The van der Waals surface area contributed by atoms with Gasteiger partial charge in [0.25, 0.3) is 0 Å². The van der Waals surface area contributed by atoms with Crippen LogP contribution < -0.4 is 4.90 Å². The van der Waals surface area contributed by atoms with Crippen LogP contribution in [0.4, 0.5) is 17.1 Å². The Balaban J connectivity index is 1.08. The van der Waals surface area contributed by atoms with Gasteiger partial charge < -0.3 is 13.9 Å². The minimum atomic E-state index is -0.505. The molecule has 0 saturated carbocycles. The van der Waals surface area contributed by atoms with Crippen molar-refractivity contribution in [1.29, 1.82) is 0 Å². The smallest absolute Gasteiger partial charge is 0.159 e. The van der Waals surface area contributed by atoms with E-state index in [1.807, 2.05) is 0 Å². The predicted molar refractivity (Wildman–Crippen MR) is 240 cm³/mol. The summed E-state index contributed by atoms with van der Waals surface area (Å²) < 4.78 is 9.50. The molecule has 3 heteroatoms. The van der Waals surface area contributed by atoms with Gasteiger partial charge in [0.05, 0.1) is 22.1 Å². The Labute approximate surface area is 336 Å². The second kappa shape index (κ2) is 12.7. The lowest BCUT2D eigenvalue weighted by Crippen LogP contribution is -2.28. The van der Waals surface area contributed by atoms with Crippen molar-refractivity contribution in [2.45, 2.75) is 5.41 Å². The third kappa shape index (κ3) is 4.62. The van der Waals surface area contributed by atoms with Crippen molar-refractivity contribution < 1.29 is 4.42 Å². The zero-order chi connectivity index (χ0) is 38.2. The number of para-hydroxylation sites is 4. The van der Waals surface area contributed by atoms with E-state index in [4.69, 9.17) is 4.42 Å². The molecule has 0 aliphatic heterocycles. The van der Waals surface area contributed by atoms with Crippen LogP contribution in [0.15, 0.2) is 223 Å². The molecule has 0 amide bonds. The topological polar surface area (TPSA) is 21.3 Å². The van der Waals surface area contributed by atoms with Gasteiger partial charge in [0.2, 0.25) is 0 Å². The van der Waals surface area contributed by atoms with Crippen molar-refractivity contribution in [2.75, 3.05) is 4.90 Å². The Morgan fingerprint density at radius 3 is 1.78 bits per heavy atom. The molecular weight excluding hydrogens is 705 g/mol. The summed E-state index contributed by atoms with van der Waals surface area (Å²) >= 11 is 0. The van der Waals surface area contributed by atoms with E-state index in [1.54, 1.807) is 0 Å². The van der Waals surface area contributed by atoms with Crippen molar-refractivity contribution in [3.05, 3.63) is 241 Å². The summed E-state index contributed by atoms with van der Waals surface area (Å²) in [5.41, 5.74) is 15.4. The Bertz CT molecular complexity index is 3300. The van der Waals surface area contributed by atoms with Gasteiger partial charge in [-0.3, -0.25) is 0 Å². The first-order valence-electron chi connectivity index (χ1n) is 19.9. The molecule has 1 aliphatic rings. The molecule has 58 heavy (non-hydrogen) atoms. The number of hydrogen-bond donors (Lipinski definition) is 0. The van der Waals surface area contributed by atoms with Crippen LogP contribution in [0.5, 0.6) is 0 Å². The number of hydrogen-bond acceptors (Lipinski definition) is 2. The van der Waals surface area contributed by atoms with Gasteiger partial charge in [-0.05, 0) is 94.0 Å². The van der Waals surface area contributed by atoms with E-state index >= 15 is 0 Å². The van der Waals surface area contributed by atoms with Gasteiger partial charge in [0, 0.05) is 38.6 Å². The number of rotatable bonds is 6. The molecule has 0 spiro atoms. The lowest BCUT2D eigenvalue weighted by atomic mass is 9.67. The molecule has 9 aromatic carbocycles. The summed E-state index contributed by atoms with van der Waals surface area (Å²) in [6.07, 6.45) is 0. The maximum absolute atomic E-state index is 7.14. The second-order valence-electron chi connectivity index (χ2n) is 15.2. The minimum Gasteiger partial charge on any atom is -0.454 e. The first-order valence-corrected chi connectivity index (χ1v) is 19.9. The summed E-state index contributed by atoms with van der Waals surface area (Å²) in [7, 11) is 0. The second-order valence-corrected chi connectivity index (χ2v) is 15.2. The highest BCUT2D eigenvalue weighted by molar-refractivity contribution is 6.13. The maximum atomic E-state index is 7.14. The molecule has 0 unspecified atom stereocenters. The number of furan rings is 1. The summed E-state index contributed by atoms with van der Waals surface area (Å²) in [6, 6.07) is 78.9. The molecule has 0 bridgehead atoms. The van der Waals surface area contributed by atoms with Crippen LogP contribution in [0.1, 0.15) is 22.3 Å². The van der Waals surface area contributed by atoms with Gasteiger partial charge in [0.15, 0.2) is 5.58 Å². The molecule has 0 fully saturated rings. The molecule has 11 aromatic rings. The Kier molecular flexibility index (Phi) is 7.14. The van der Waals surface area contributed by atoms with Crippen molar-refractivity contribution in [2.24, 2.45) is 0 Å². The predicted octanol–water partition coefficient (Wildman–Crippen LogP) is 14.5. The molecule has 12 rings (SSSR count). The highest BCUT2D eigenvalue weighted by Gasteiger charge is 2.46. The van der Waals surface area contributed by atoms with Gasteiger partial charge in [-0.2, -0.15) is 0 Å². The molecule has 0 N–H and O–H groups in total. The molecule has 2 heterocycles. The zero-order valence-electron chi connectivity index (χ0n) is 31.6. The van der Waals surface area contributed by atoms with Crippen molar-refractivity contribution in [3.8, 4) is 16.8 Å². The SMILES string of the molecule is c1ccc(N(c2ccc3c(c2)c2ccccc2n3-c2ccccc2)c2cccc3c2oc2cc(C4(c5ccccc5)c5ccccc5-c5ccccc54)ccc23)cc1. The summed E-state index contributed by atoms with van der Waals surface area (Å²) in [5.74, 6) is 0.